The number of hydrogen-bond acceptors (Lipinski definition) is 3. The van der Waals surface area contributed by atoms with E-state index in [2.05, 4.69) is 24.3 Å². The number of ether oxygens (including phenoxy) is 1. The molecular weight excluding hydrogens is 300 g/mol. The van der Waals surface area contributed by atoms with Gasteiger partial charge in [-0.3, -0.25) is 4.79 Å². The van der Waals surface area contributed by atoms with Gasteiger partial charge in [-0.1, -0.05) is 35.9 Å². The van der Waals surface area contributed by atoms with Crippen LogP contribution in [0.4, 0.5) is 0 Å². The van der Waals surface area contributed by atoms with E-state index >= 15 is 0 Å². The molecule has 1 N–H and O–H groups in total. The summed E-state index contributed by atoms with van der Waals surface area (Å²) in [6, 6.07) is 8.44. The fourth-order valence-electron chi connectivity index (χ4n) is 3.76. The van der Waals surface area contributed by atoms with Crippen LogP contribution < -0.4 is 0 Å². The highest BCUT2D eigenvalue weighted by atomic mass is 16.5. The third-order valence-corrected chi connectivity index (χ3v) is 4.79. The van der Waals surface area contributed by atoms with Gasteiger partial charge in [-0.25, -0.2) is 0 Å². The molecule has 1 aliphatic carbocycles. The summed E-state index contributed by atoms with van der Waals surface area (Å²) in [5.41, 5.74) is 3.74. The number of rotatable bonds is 7. The van der Waals surface area contributed by atoms with E-state index in [9.17, 15) is 9.90 Å². The van der Waals surface area contributed by atoms with Gasteiger partial charge in [0.05, 0.1) is 18.6 Å². The lowest BCUT2D eigenvalue weighted by Crippen LogP contribution is -2.28. The molecule has 1 aromatic rings. The Hall–Kier alpha value is -1.61. The molecule has 132 valence electrons. The van der Waals surface area contributed by atoms with Gasteiger partial charge in [0.15, 0.2) is 0 Å². The molecule has 0 heterocycles. The first-order chi connectivity index (χ1) is 11.5. The molecule has 3 unspecified atom stereocenters. The molecule has 0 aliphatic heterocycles. The topological polar surface area (TPSA) is 46.5 Å². The van der Waals surface area contributed by atoms with Gasteiger partial charge < -0.3 is 9.84 Å². The smallest absolute Gasteiger partial charge is 0.309 e. The molecule has 1 aliphatic rings. The molecule has 0 spiro atoms. The van der Waals surface area contributed by atoms with Crippen molar-refractivity contribution in [1.82, 2.24) is 0 Å². The molecule has 24 heavy (non-hydrogen) atoms. The highest BCUT2D eigenvalue weighted by Gasteiger charge is 2.33. The lowest BCUT2D eigenvalue weighted by molar-refractivity contribution is -0.149. The quantitative estimate of drug-likeness (QED) is 0.595. The van der Waals surface area contributed by atoms with Gasteiger partial charge in [-0.15, -0.1) is 0 Å². The zero-order valence-electron chi connectivity index (χ0n) is 15.1. The molecule has 0 saturated carbocycles. The van der Waals surface area contributed by atoms with E-state index in [4.69, 9.17) is 4.74 Å². The Morgan fingerprint density at radius 3 is 2.79 bits per heavy atom. The first-order valence-corrected chi connectivity index (χ1v) is 9.10. The van der Waals surface area contributed by atoms with Crippen molar-refractivity contribution >= 4 is 5.97 Å². The lowest BCUT2D eigenvalue weighted by atomic mass is 9.74. The number of aliphatic hydroxyl groups is 1. The normalized spacial score (nSPS) is 19.1. The molecular formula is C21H30O3. The van der Waals surface area contributed by atoms with Gasteiger partial charge >= 0.3 is 5.97 Å². The average molecular weight is 330 g/mol. The number of aliphatic hydroxyl groups excluding tert-OH is 1. The van der Waals surface area contributed by atoms with Crippen LogP contribution in [0, 0.1) is 5.92 Å². The maximum atomic E-state index is 12.6. The Bertz CT molecular complexity index is 572. The first kappa shape index (κ1) is 18.7. The number of aryl methyl sites for hydroxylation is 1. The van der Waals surface area contributed by atoms with Crippen molar-refractivity contribution in [3.63, 3.8) is 0 Å². The summed E-state index contributed by atoms with van der Waals surface area (Å²) in [5.74, 6) is -0.0943. The highest BCUT2D eigenvalue weighted by Crippen LogP contribution is 2.39. The monoisotopic (exact) mass is 330 g/mol. The van der Waals surface area contributed by atoms with Crippen LogP contribution in [-0.2, 0) is 16.0 Å². The van der Waals surface area contributed by atoms with E-state index in [0.717, 1.165) is 24.8 Å². The maximum Gasteiger partial charge on any atom is 0.309 e. The Kier molecular flexibility index (Phi) is 7.04. The predicted molar refractivity (Wildman–Crippen MR) is 96.9 cm³/mol. The number of hydrogen-bond donors (Lipinski definition) is 1. The Morgan fingerprint density at radius 2 is 2.08 bits per heavy atom. The van der Waals surface area contributed by atoms with Gasteiger partial charge in [0.25, 0.3) is 0 Å². The molecule has 1 aromatic carbocycles. The number of carbonyl (C=O) groups excluding carboxylic acids is 1. The zero-order chi connectivity index (χ0) is 17.5. The minimum absolute atomic E-state index is 0.122. The zero-order valence-corrected chi connectivity index (χ0v) is 15.1. The minimum atomic E-state index is -0.495. The van der Waals surface area contributed by atoms with Crippen molar-refractivity contribution in [2.24, 2.45) is 5.92 Å². The van der Waals surface area contributed by atoms with Crippen LogP contribution in [0.15, 0.2) is 35.9 Å². The van der Waals surface area contributed by atoms with Crippen LogP contribution >= 0.6 is 0 Å². The van der Waals surface area contributed by atoms with E-state index in [0.29, 0.717) is 19.4 Å². The van der Waals surface area contributed by atoms with Crippen molar-refractivity contribution in [3.8, 4) is 0 Å². The largest absolute Gasteiger partial charge is 0.466 e. The van der Waals surface area contributed by atoms with E-state index in [1.54, 1.807) is 0 Å². The summed E-state index contributed by atoms with van der Waals surface area (Å²) >= 11 is 0. The number of benzene rings is 1. The molecule has 0 fully saturated rings. The summed E-state index contributed by atoms with van der Waals surface area (Å²) in [5, 5.41) is 10.1. The molecule has 0 bridgehead atoms. The van der Waals surface area contributed by atoms with Gasteiger partial charge in [-0.05, 0) is 69.9 Å². The second-order valence-electron chi connectivity index (χ2n) is 6.94. The maximum absolute atomic E-state index is 12.6. The third-order valence-electron chi connectivity index (χ3n) is 4.79. The second kappa shape index (κ2) is 9.03. The number of fused-ring (bicyclic) bond motifs is 1. The Morgan fingerprint density at radius 1 is 1.33 bits per heavy atom. The van der Waals surface area contributed by atoms with Crippen molar-refractivity contribution in [2.45, 2.75) is 64.9 Å². The fourth-order valence-corrected chi connectivity index (χ4v) is 3.76. The third kappa shape index (κ3) is 4.94. The van der Waals surface area contributed by atoms with Crippen LogP contribution in [0.5, 0.6) is 0 Å². The lowest BCUT2D eigenvalue weighted by Gasteiger charge is -2.31. The Balaban J connectivity index is 2.18. The summed E-state index contributed by atoms with van der Waals surface area (Å²) in [6.07, 6.45) is 5.81. The van der Waals surface area contributed by atoms with Gasteiger partial charge in [0, 0.05) is 0 Å². The van der Waals surface area contributed by atoms with E-state index < -0.39 is 6.10 Å². The highest BCUT2D eigenvalue weighted by molar-refractivity contribution is 5.74. The summed E-state index contributed by atoms with van der Waals surface area (Å²) in [4.78, 5) is 12.6. The van der Waals surface area contributed by atoms with Crippen LogP contribution in [-0.4, -0.2) is 23.8 Å². The van der Waals surface area contributed by atoms with E-state index in [1.165, 1.54) is 11.1 Å². The van der Waals surface area contributed by atoms with E-state index in [1.807, 2.05) is 26.8 Å². The van der Waals surface area contributed by atoms with Crippen LogP contribution in [0.25, 0.3) is 0 Å². The number of carbonyl (C=O) groups is 1. The van der Waals surface area contributed by atoms with Crippen molar-refractivity contribution in [3.05, 3.63) is 47.0 Å². The van der Waals surface area contributed by atoms with Crippen LogP contribution in [0.1, 0.15) is 63.5 Å². The average Bonchev–Trinajstić information content (AvgIpc) is 2.55. The molecule has 3 heteroatoms. The SMILES string of the molecule is CCOC(=O)C(CCC(O)C=C(C)C)C1CCCc2ccccc21. The standard InChI is InChI=1S/C21H30O3/c1-4-24-21(23)20(13-12-17(22)14-15(2)3)19-11-7-9-16-8-5-6-10-18(16)19/h5-6,8,10,14,17,19-20,22H,4,7,9,11-13H2,1-3H3. The Labute approximate surface area is 145 Å². The molecule has 0 radical (unpaired) electrons. The molecule has 0 aromatic heterocycles. The predicted octanol–water partition coefficient (Wildman–Crippen LogP) is 4.39. The second-order valence-corrected chi connectivity index (χ2v) is 6.94. The van der Waals surface area contributed by atoms with Gasteiger partial charge in [0.2, 0.25) is 0 Å². The van der Waals surface area contributed by atoms with Crippen molar-refractivity contribution < 1.29 is 14.6 Å². The van der Waals surface area contributed by atoms with Crippen molar-refractivity contribution in [1.29, 1.82) is 0 Å². The van der Waals surface area contributed by atoms with Gasteiger partial charge in [-0.2, -0.15) is 0 Å². The van der Waals surface area contributed by atoms with Gasteiger partial charge in [0.1, 0.15) is 0 Å². The first-order valence-electron chi connectivity index (χ1n) is 9.10. The fraction of sp³-hybridized carbons (Fsp3) is 0.571. The molecule has 2 rings (SSSR count). The molecule has 0 amide bonds. The van der Waals surface area contributed by atoms with Crippen LogP contribution in [0.3, 0.4) is 0 Å². The van der Waals surface area contributed by atoms with Crippen LogP contribution in [0.2, 0.25) is 0 Å². The minimum Gasteiger partial charge on any atom is -0.466 e. The molecule has 3 nitrogen and oxygen atoms in total. The number of esters is 1. The summed E-state index contributed by atoms with van der Waals surface area (Å²) in [6.45, 7) is 6.20. The summed E-state index contributed by atoms with van der Waals surface area (Å²) < 4.78 is 5.35. The molecule has 0 saturated heterocycles. The number of allylic oxidation sites excluding steroid dienone is 1. The summed E-state index contributed by atoms with van der Waals surface area (Å²) in [7, 11) is 0. The van der Waals surface area contributed by atoms with E-state index in [-0.39, 0.29) is 17.8 Å². The van der Waals surface area contributed by atoms with Crippen molar-refractivity contribution in [2.75, 3.05) is 6.61 Å². The molecule has 3 atom stereocenters.